The molecule has 2 nitrogen and oxygen atoms in total. The van der Waals surface area contributed by atoms with Crippen LogP contribution in [0.15, 0.2) is 37.9 Å². The fourth-order valence-electron chi connectivity index (χ4n) is 1.58. The van der Waals surface area contributed by atoms with Gasteiger partial charge in [-0.15, -0.1) is 0 Å². The second-order valence-electron chi connectivity index (χ2n) is 3.44. The Bertz CT molecular complexity index is 530. The van der Waals surface area contributed by atoms with E-state index in [4.69, 9.17) is 17.4 Å². The highest BCUT2D eigenvalue weighted by molar-refractivity contribution is 9.10. The fraction of sp³-hybridized carbons (Fsp3) is 0.0909. The molecule has 0 aliphatic rings. The van der Waals surface area contributed by atoms with Crippen LogP contribution in [0.3, 0.4) is 0 Å². The van der Waals surface area contributed by atoms with Crippen LogP contribution in [0.5, 0.6) is 0 Å². The lowest BCUT2D eigenvalue weighted by Gasteiger charge is -2.18. The van der Waals surface area contributed by atoms with E-state index in [1.54, 1.807) is 11.3 Å². The average molecular weight is 397 g/mol. The summed E-state index contributed by atoms with van der Waals surface area (Å²) in [5, 5.41) is 4.77. The second-order valence-corrected chi connectivity index (χ2v) is 6.33. The third-order valence-electron chi connectivity index (χ3n) is 2.39. The van der Waals surface area contributed by atoms with Crippen LogP contribution in [0.4, 0.5) is 0 Å². The van der Waals surface area contributed by atoms with Crippen LogP contribution in [-0.4, -0.2) is 0 Å². The topological polar surface area (TPSA) is 38.0 Å². The number of nitrogens with two attached hydrogens (primary N) is 1. The Morgan fingerprint density at radius 2 is 1.94 bits per heavy atom. The molecule has 1 atom stereocenters. The Morgan fingerprint density at radius 3 is 2.53 bits per heavy atom. The van der Waals surface area contributed by atoms with Crippen molar-refractivity contribution in [1.29, 1.82) is 0 Å². The van der Waals surface area contributed by atoms with Crippen molar-refractivity contribution in [3.8, 4) is 0 Å². The molecule has 1 aromatic heterocycles. The number of halogens is 3. The van der Waals surface area contributed by atoms with Crippen LogP contribution in [0, 0.1) is 0 Å². The lowest BCUT2D eigenvalue weighted by molar-refractivity contribution is 0.634. The number of benzene rings is 1. The highest BCUT2D eigenvalue weighted by Crippen LogP contribution is 2.35. The van der Waals surface area contributed by atoms with Gasteiger partial charge in [-0.25, -0.2) is 5.43 Å². The Morgan fingerprint density at radius 1 is 1.18 bits per heavy atom. The Labute approximate surface area is 125 Å². The minimum Gasteiger partial charge on any atom is -0.271 e. The fourth-order valence-corrected chi connectivity index (χ4v) is 3.79. The summed E-state index contributed by atoms with van der Waals surface area (Å²) in [5.74, 6) is 5.65. The molecular weight excluding hydrogens is 387 g/mol. The zero-order chi connectivity index (χ0) is 12.4. The van der Waals surface area contributed by atoms with Crippen molar-refractivity contribution in [1.82, 2.24) is 5.43 Å². The normalized spacial score (nSPS) is 12.7. The van der Waals surface area contributed by atoms with E-state index in [1.165, 1.54) is 0 Å². The molecule has 0 aliphatic carbocycles. The predicted molar refractivity (Wildman–Crippen MR) is 80.3 cm³/mol. The van der Waals surface area contributed by atoms with Crippen molar-refractivity contribution in [3.05, 3.63) is 54.1 Å². The van der Waals surface area contributed by atoms with E-state index >= 15 is 0 Å². The molecule has 17 heavy (non-hydrogen) atoms. The number of nitrogens with one attached hydrogen (secondary N) is 1. The van der Waals surface area contributed by atoms with Crippen molar-refractivity contribution in [2.45, 2.75) is 6.04 Å². The van der Waals surface area contributed by atoms with Crippen molar-refractivity contribution in [2.24, 2.45) is 5.84 Å². The van der Waals surface area contributed by atoms with E-state index in [-0.39, 0.29) is 6.04 Å². The van der Waals surface area contributed by atoms with Gasteiger partial charge in [-0.1, -0.05) is 27.5 Å². The zero-order valence-electron chi connectivity index (χ0n) is 8.58. The van der Waals surface area contributed by atoms with E-state index in [0.717, 1.165) is 20.1 Å². The van der Waals surface area contributed by atoms with Gasteiger partial charge in [0.1, 0.15) is 0 Å². The summed E-state index contributed by atoms with van der Waals surface area (Å²) in [7, 11) is 0. The standard InChI is InChI=1S/C11H9Br2ClN2S/c12-9-2-1-6(14)3-7(9)11(16-15)8-4-17-5-10(8)13/h1-5,11,16H,15H2. The molecule has 0 saturated carbocycles. The van der Waals surface area contributed by atoms with Gasteiger partial charge in [-0.05, 0) is 50.6 Å². The molecule has 1 heterocycles. The van der Waals surface area contributed by atoms with Crippen molar-refractivity contribution in [3.63, 3.8) is 0 Å². The van der Waals surface area contributed by atoms with Gasteiger partial charge >= 0.3 is 0 Å². The minimum atomic E-state index is -0.0938. The average Bonchev–Trinajstić information content (AvgIpc) is 2.71. The number of hydrogen-bond acceptors (Lipinski definition) is 3. The van der Waals surface area contributed by atoms with Gasteiger partial charge in [0, 0.05) is 19.3 Å². The molecule has 1 aromatic carbocycles. The Balaban J connectivity index is 2.49. The molecule has 2 rings (SSSR count). The third kappa shape index (κ3) is 2.92. The van der Waals surface area contributed by atoms with Crippen LogP contribution in [-0.2, 0) is 0 Å². The maximum absolute atomic E-state index is 6.02. The summed E-state index contributed by atoms with van der Waals surface area (Å²) >= 11 is 14.7. The zero-order valence-corrected chi connectivity index (χ0v) is 13.3. The van der Waals surface area contributed by atoms with E-state index in [2.05, 4.69) is 42.7 Å². The maximum Gasteiger partial charge on any atom is 0.0740 e. The summed E-state index contributed by atoms with van der Waals surface area (Å²) in [6, 6.07) is 5.57. The van der Waals surface area contributed by atoms with Crippen LogP contribution in [0.2, 0.25) is 5.02 Å². The summed E-state index contributed by atoms with van der Waals surface area (Å²) < 4.78 is 2.01. The number of hydrazine groups is 1. The summed E-state index contributed by atoms with van der Waals surface area (Å²) in [6.07, 6.45) is 0. The lowest BCUT2D eigenvalue weighted by Crippen LogP contribution is -2.29. The van der Waals surface area contributed by atoms with Crippen LogP contribution >= 0.6 is 54.8 Å². The van der Waals surface area contributed by atoms with Crippen LogP contribution in [0.25, 0.3) is 0 Å². The predicted octanol–water partition coefficient (Wildman–Crippen LogP) is 4.48. The largest absolute Gasteiger partial charge is 0.271 e. The first kappa shape index (κ1) is 13.5. The van der Waals surface area contributed by atoms with E-state index in [1.807, 2.05) is 23.6 Å². The molecule has 2 aromatic rings. The monoisotopic (exact) mass is 394 g/mol. The van der Waals surface area contributed by atoms with Gasteiger partial charge in [0.2, 0.25) is 0 Å². The van der Waals surface area contributed by atoms with Gasteiger partial charge in [0.25, 0.3) is 0 Å². The van der Waals surface area contributed by atoms with Crippen molar-refractivity contribution >= 4 is 54.8 Å². The SMILES string of the molecule is NNC(c1cscc1Br)c1cc(Cl)ccc1Br. The third-order valence-corrected chi connectivity index (χ3v) is 5.10. The van der Waals surface area contributed by atoms with E-state index in [0.29, 0.717) is 5.02 Å². The van der Waals surface area contributed by atoms with Gasteiger partial charge in [-0.2, -0.15) is 11.3 Å². The molecule has 0 amide bonds. The summed E-state index contributed by atoms with van der Waals surface area (Å²) in [5.41, 5.74) is 4.93. The van der Waals surface area contributed by atoms with Gasteiger partial charge in [-0.3, -0.25) is 5.84 Å². The van der Waals surface area contributed by atoms with Crippen molar-refractivity contribution < 1.29 is 0 Å². The van der Waals surface area contributed by atoms with E-state index in [9.17, 15) is 0 Å². The van der Waals surface area contributed by atoms with Crippen LogP contribution < -0.4 is 11.3 Å². The molecule has 90 valence electrons. The molecule has 0 saturated heterocycles. The first-order valence-electron chi connectivity index (χ1n) is 4.76. The molecule has 6 heteroatoms. The first-order chi connectivity index (χ1) is 8.13. The van der Waals surface area contributed by atoms with E-state index < -0.39 is 0 Å². The minimum absolute atomic E-state index is 0.0938. The summed E-state index contributed by atoms with van der Waals surface area (Å²) in [4.78, 5) is 0. The molecule has 0 fully saturated rings. The highest BCUT2D eigenvalue weighted by Gasteiger charge is 2.18. The molecule has 0 spiro atoms. The number of thiophene rings is 1. The lowest BCUT2D eigenvalue weighted by atomic mass is 10.0. The van der Waals surface area contributed by atoms with Crippen molar-refractivity contribution in [2.75, 3.05) is 0 Å². The van der Waals surface area contributed by atoms with Gasteiger partial charge < -0.3 is 0 Å². The Kier molecular flexibility index (Phi) is 4.63. The molecular formula is C11H9Br2ClN2S. The first-order valence-corrected chi connectivity index (χ1v) is 7.67. The molecule has 0 radical (unpaired) electrons. The Hall–Kier alpha value is 0.0900. The maximum atomic E-state index is 6.02. The molecule has 3 N–H and O–H groups in total. The van der Waals surface area contributed by atoms with Gasteiger partial charge in [0.05, 0.1) is 6.04 Å². The second kappa shape index (κ2) is 5.82. The molecule has 0 aliphatic heterocycles. The smallest absolute Gasteiger partial charge is 0.0740 e. The highest BCUT2D eigenvalue weighted by atomic mass is 79.9. The summed E-state index contributed by atoms with van der Waals surface area (Å²) in [6.45, 7) is 0. The number of hydrogen-bond donors (Lipinski definition) is 2. The van der Waals surface area contributed by atoms with Gasteiger partial charge in [0.15, 0.2) is 0 Å². The number of rotatable bonds is 3. The quantitative estimate of drug-likeness (QED) is 0.593. The van der Waals surface area contributed by atoms with Crippen LogP contribution in [0.1, 0.15) is 17.2 Å². The molecule has 0 bridgehead atoms. The molecule has 1 unspecified atom stereocenters.